The van der Waals surface area contributed by atoms with Gasteiger partial charge < -0.3 is 10.6 Å². The van der Waals surface area contributed by atoms with Crippen molar-refractivity contribution in [1.29, 1.82) is 0 Å². The van der Waals surface area contributed by atoms with Crippen LogP contribution >= 0.6 is 0 Å². The molecule has 3 N–H and O–H groups in total. The molecule has 0 aliphatic carbocycles. The maximum absolute atomic E-state index is 12.1. The fraction of sp³-hybridized carbons (Fsp3) is 0.571. The quantitative estimate of drug-likeness (QED) is 0.671. The summed E-state index contributed by atoms with van der Waals surface area (Å²) in [6.07, 6.45) is 0.807. The zero-order valence-corrected chi connectivity index (χ0v) is 13.1. The van der Waals surface area contributed by atoms with Crippen molar-refractivity contribution in [3.63, 3.8) is 0 Å². The molecule has 0 amide bonds. The number of nitrogens with zero attached hydrogens (tertiary/aromatic N) is 1. The average Bonchev–Trinajstić information content (AvgIpc) is 2.47. The van der Waals surface area contributed by atoms with E-state index in [0.717, 1.165) is 31.6 Å². The van der Waals surface area contributed by atoms with E-state index in [1.807, 2.05) is 0 Å². The first-order valence-electron chi connectivity index (χ1n) is 7.04. The van der Waals surface area contributed by atoms with Crippen LogP contribution in [0, 0.1) is 0 Å². The Kier molecular flexibility index (Phi) is 7.15. The van der Waals surface area contributed by atoms with Crippen LogP contribution in [0.5, 0.6) is 0 Å². The molecule has 20 heavy (non-hydrogen) atoms. The van der Waals surface area contributed by atoms with E-state index >= 15 is 0 Å². The number of benzene rings is 1. The average molecular weight is 299 g/mol. The third-order valence-corrected chi connectivity index (χ3v) is 4.78. The van der Waals surface area contributed by atoms with Gasteiger partial charge in [-0.05, 0) is 43.8 Å². The Morgan fingerprint density at radius 1 is 1.15 bits per heavy atom. The molecule has 114 valence electrons. The second-order valence-electron chi connectivity index (χ2n) is 4.63. The van der Waals surface area contributed by atoms with Gasteiger partial charge in [-0.25, -0.2) is 13.1 Å². The first kappa shape index (κ1) is 17.1. The molecule has 1 aromatic carbocycles. The van der Waals surface area contributed by atoms with Gasteiger partial charge in [0.1, 0.15) is 0 Å². The highest BCUT2D eigenvalue weighted by molar-refractivity contribution is 7.89. The molecule has 5 nitrogen and oxygen atoms in total. The number of nitrogens with one attached hydrogen (secondary N) is 1. The minimum absolute atomic E-state index is 0.289. The van der Waals surface area contributed by atoms with Gasteiger partial charge in [0.25, 0.3) is 0 Å². The van der Waals surface area contributed by atoms with Gasteiger partial charge in [-0.15, -0.1) is 0 Å². The molecule has 6 heteroatoms. The fourth-order valence-corrected chi connectivity index (χ4v) is 3.01. The number of hydrogen-bond donors (Lipinski definition) is 2. The molecule has 0 aliphatic heterocycles. The predicted molar refractivity (Wildman–Crippen MR) is 81.9 cm³/mol. The molecule has 0 saturated heterocycles. The van der Waals surface area contributed by atoms with Crippen molar-refractivity contribution in [2.24, 2.45) is 5.73 Å². The van der Waals surface area contributed by atoms with Crippen LogP contribution in [0.15, 0.2) is 29.2 Å². The van der Waals surface area contributed by atoms with Crippen molar-refractivity contribution in [2.45, 2.75) is 31.7 Å². The summed E-state index contributed by atoms with van der Waals surface area (Å²) < 4.78 is 26.7. The van der Waals surface area contributed by atoms with Gasteiger partial charge in [-0.1, -0.05) is 26.0 Å². The van der Waals surface area contributed by atoms with E-state index in [2.05, 4.69) is 23.5 Å². The molecule has 0 spiro atoms. The van der Waals surface area contributed by atoms with Crippen LogP contribution in [0.4, 0.5) is 0 Å². The lowest BCUT2D eigenvalue weighted by Gasteiger charge is -2.17. The topological polar surface area (TPSA) is 75.4 Å². The van der Waals surface area contributed by atoms with Crippen LogP contribution in [0.1, 0.15) is 25.8 Å². The normalized spacial score (nSPS) is 12.0. The zero-order chi connectivity index (χ0) is 15.0. The van der Waals surface area contributed by atoms with E-state index in [0.29, 0.717) is 13.1 Å². The summed E-state index contributed by atoms with van der Waals surface area (Å²) in [5.74, 6) is 0. The minimum atomic E-state index is -3.41. The van der Waals surface area contributed by atoms with Crippen molar-refractivity contribution >= 4 is 10.0 Å². The lowest BCUT2D eigenvalue weighted by atomic mass is 10.2. The lowest BCUT2D eigenvalue weighted by molar-refractivity contribution is 0.300. The van der Waals surface area contributed by atoms with E-state index in [1.54, 1.807) is 24.3 Å². The van der Waals surface area contributed by atoms with Gasteiger partial charge in [-0.2, -0.15) is 0 Å². The molecule has 0 aliphatic rings. The van der Waals surface area contributed by atoms with Gasteiger partial charge >= 0.3 is 0 Å². The van der Waals surface area contributed by atoms with Crippen molar-refractivity contribution in [3.05, 3.63) is 29.8 Å². The van der Waals surface area contributed by atoms with Gasteiger partial charge in [0, 0.05) is 13.1 Å². The molecule has 0 fully saturated rings. The van der Waals surface area contributed by atoms with Crippen LogP contribution < -0.4 is 10.5 Å². The largest absolute Gasteiger partial charge is 0.326 e. The third kappa shape index (κ3) is 5.20. The van der Waals surface area contributed by atoms with Crippen molar-refractivity contribution < 1.29 is 8.42 Å². The smallest absolute Gasteiger partial charge is 0.240 e. The van der Waals surface area contributed by atoms with Crippen LogP contribution in [-0.2, 0) is 16.6 Å². The lowest BCUT2D eigenvalue weighted by Crippen LogP contribution is -2.30. The predicted octanol–water partition coefficient (Wildman–Crippen LogP) is 1.16. The Balaban J connectivity index is 2.48. The molecule has 0 atom stereocenters. The van der Waals surface area contributed by atoms with E-state index < -0.39 is 10.0 Å². The minimum Gasteiger partial charge on any atom is -0.326 e. The van der Waals surface area contributed by atoms with Gasteiger partial charge in [0.05, 0.1) is 4.90 Å². The molecular weight excluding hydrogens is 274 g/mol. The zero-order valence-electron chi connectivity index (χ0n) is 12.3. The molecule has 1 rings (SSSR count). The summed E-state index contributed by atoms with van der Waals surface area (Å²) >= 11 is 0. The van der Waals surface area contributed by atoms with Gasteiger partial charge in [-0.3, -0.25) is 0 Å². The summed E-state index contributed by atoms with van der Waals surface area (Å²) in [5, 5.41) is 0. The highest BCUT2D eigenvalue weighted by Crippen LogP contribution is 2.10. The van der Waals surface area contributed by atoms with E-state index in [4.69, 9.17) is 5.73 Å². The van der Waals surface area contributed by atoms with Crippen molar-refractivity contribution in [1.82, 2.24) is 9.62 Å². The number of nitrogens with two attached hydrogens (primary N) is 1. The van der Waals surface area contributed by atoms with Gasteiger partial charge in [0.2, 0.25) is 10.0 Å². The first-order valence-corrected chi connectivity index (χ1v) is 8.52. The van der Waals surface area contributed by atoms with Crippen molar-refractivity contribution in [3.8, 4) is 0 Å². The monoisotopic (exact) mass is 299 g/mol. The van der Waals surface area contributed by atoms with Crippen LogP contribution in [0.3, 0.4) is 0 Å². The Labute approximate surface area is 122 Å². The second-order valence-corrected chi connectivity index (χ2v) is 6.39. The summed E-state index contributed by atoms with van der Waals surface area (Å²) in [5.41, 5.74) is 6.41. The van der Waals surface area contributed by atoms with E-state index in [-0.39, 0.29) is 4.90 Å². The molecule has 0 heterocycles. The maximum Gasteiger partial charge on any atom is 0.240 e. The summed E-state index contributed by atoms with van der Waals surface area (Å²) in [7, 11) is -3.41. The van der Waals surface area contributed by atoms with Crippen LogP contribution in [0.25, 0.3) is 0 Å². The summed E-state index contributed by atoms with van der Waals surface area (Å²) in [6.45, 7) is 7.96. The number of hydrogen-bond acceptors (Lipinski definition) is 4. The Morgan fingerprint density at radius 3 is 2.25 bits per heavy atom. The number of rotatable bonds is 9. The fourth-order valence-electron chi connectivity index (χ4n) is 1.94. The van der Waals surface area contributed by atoms with E-state index in [1.165, 1.54) is 0 Å². The highest BCUT2D eigenvalue weighted by atomic mass is 32.2. The standard InChI is InChI=1S/C14H25N3O2S/c1-3-17(4-2)11-5-10-16-20(18,19)14-8-6-13(12-15)7-9-14/h6-9,16H,3-5,10-12,15H2,1-2H3. The Morgan fingerprint density at radius 2 is 1.75 bits per heavy atom. The highest BCUT2D eigenvalue weighted by Gasteiger charge is 2.12. The molecule has 0 saturated carbocycles. The van der Waals surface area contributed by atoms with Gasteiger partial charge in [0.15, 0.2) is 0 Å². The Hall–Kier alpha value is -0.950. The van der Waals surface area contributed by atoms with Crippen LogP contribution in [-0.4, -0.2) is 39.5 Å². The molecular formula is C14H25N3O2S. The molecule has 0 unspecified atom stereocenters. The summed E-state index contributed by atoms with van der Waals surface area (Å²) in [4.78, 5) is 2.56. The summed E-state index contributed by atoms with van der Waals surface area (Å²) in [6, 6.07) is 6.67. The van der Waals surface area contributed by atoms with Crippen molar-refractivity contribution in [2.75, 3.05) is 26.2 Å². The number of sulfonamides is 1. The Bertz CT molecular complexity index is 482. The van der Waals surface area contributed by atoms with E-state index in [9.17, 15) is 8.42 Å². The third-order valence-electron chi connectivity index (χ3n) is 3.31. The SMILES string of the molecule is CCN(CC)CCCNS(=O)(=O)c1ccc(CN)cc1. The molecule has 0 radical (unpaired) electrons. The first-order chi connectivity index (χ1) is 9.53. The maximum atomic E-state index is 12.1. The van der Waals surface area contributed by atoms with Crippen LogP contribution in [0.2, 0.25) is 0 Å². The molecule has 0 bridgehead atoms. The molecule has 1 aromatic rings. The molecule has 0 aromatic heterocycles. The second kappa shape index (κ2) is 8.36.